The van der Waals surface area contributed by atoms with Crippen LogP contribution in [0.25, 0.3) is 0 Å². The molecule has 0 radical (unpaired) electrons. The SMILES string of the molecule is COC[C@H]1CN(C(=O)CC2Cc3ccccc3C2)Cc2cncn2C1. The van der Waals surface area contributed by atoms with Crippen LogP contribution in [0, 0.1) is 11.8 Å². The molecule has 5 heteroatoms. The zero-order valence-electron chi connectivity index (χ0n) is 14.7. The molecule has 0 bridgehead atoms. The summed E-state index contributed by atoms with van der Waals surface area (Å²) < 4.78 is 7.52. The zero-order chi connectivity index (χ0) is 17.2. The van der Waals surface area contributed by atoms with Crippen LogP contribution in [0.5, 0.6) is 0 Å². The smallest absolute Gasteiger partial charge is 0.223 e. The predicted octanol–water partition coefficient (Wildman–Crippen LogP) is 2.29. The Morgan fingerprint density at radius 2 is 1.96 bits per heavy atom. The summed E-state index contributed by atoms with van der Waals surface area (Å²) in [4.78, 5) is 19.3. The molecule has 1 aromatic carbocycles. The molecule has 0 saturated carbocycles. The molecule has 1 aliphatic carbocycles. The van der Waals surface area contributed by atoms with Gasteiger partial charge in [-0.05, 0) is 29.9 Å². The second-order valence-corrected chi connectivity index (χ2v) is 7.38. The molecular weight excluding hydrogens is 314 g/mol. The molecule has 1 aromatic heterocycles. The van der Waals surface area contributed by atoms with E-state index in [2.05, 4.69) is 33.8 Å². The molecule has 0 fully saturated rings. The summed E-state index contributed by atoms with van der Waals surface area (Å²) in [6.07, 6.45) is 6.41. The van der Waals surface area contributed by atoms with Crippen LogP contribution >= 0.6 is 0 Å². The van der Waals surface area contributed by atoms with Gasteiger partial charge >= 0.3 is 0 Å². The number of carbonyl (C=O) groups is 1. The van der Waals surface area contributed by atoms with Crippen molar-refractivity contribution in [3.63, 3.8) is 0 Å². The largest absolute Gasteiger partial charge is 0.384 e. The third kappa shape index (κ3) is 3.47. The van der Waals surface area contributed by atoms with Gasteiger partial charge in [-0.25, -0.2) is 4.98 Å². The molecule has 0 spiro atoms. The molecule has 2 aromatic rings. The van der Waals surface area contributed by atoms with E-state index in [-0.39, 0.29) is 5.91 Å². The maximum atomic E-state index is 13.0. The Bertz CT molecular complexity index is 730. The van der Waals surface area contributed by atoms with Gasteiger partial charge in [-0.15, -0.1) is 0 Å². The summed E-state index contributed by atoms with van der Waals surface area (Å²) in [7, 11) is 1.72. The van der Waals surface area contributed by atoms with Crippen LogP contribution < -0.4 is 0 Å². The number of imidazole rings is 1. The van der Waals surface area contributed by atoms with Gasteiger partial charge in [0.05, 0.1) is 25.2 Å². The molecule has 2 aliphatic rings. The van der Waals surface area contributed by atoms with Crippen LogP contribution in [-0.2, 0) is 35.5 Å². The molecule has 1 aliphatic heterocycles. The fourth-order valence-electron chi connectivity index (χ4n) is 4.25. The molecule has 1 amide bonds. The molecule has 132 valence electrons. The first kappa shape index (κ1) is 16.3. The lowest BCUT2D eigenvalue weighted by Crippen LogP contribution is -2.36. The van der Waals surface area contributed by atoms with E-state index in [9.17, 15) is 4.79 Å². The summed E-state index contributed by atoms with van der Waals surface area (Å²) in [6.45, 7) is 2.94. The van der Waals surface area contributed by atoms with E-state index in [0.717, 1.165) is 31.6 Å². The normalized spacial score (nSPS) is 20.2. The van der Waals surface area contributed by atoms with Crippen molar-refractivity contribution in [3.05, 3.63) is 53.6 Å². The Morgan fingerprint density at radius 1 is 1.20 bits per heavy atom. The quantitative estimate of drug-likeness (QED) is 0.859. The number of hydrogen-bond acceptors (Lipinski definition) is 3. The summed E-state index contributed by atoms with van der Waals surface area (Å²) in [5.74, 6) is 0.998. The average Bonchev–Trinajstić information content (AvgIpc) is 3.16. The van der Waals surface area contributed by atoms with E-state index >= 15 is 0 Å². The van der Waals surface area contributed by atoms with Crippen LogP contribution in [0.4, 0.5) is 0 Å². The summed E-state index contributed by atoms with van der Waals surface area (Å²) >= 11 is 0. The fourth-order valence-corrected chi connectivity index (χ4v) is 4.25. The minimum absolute atomic E-state index is 0.258. The Kier molecular flexibility index (Phi) is 4.57. The number of rotatable bonds is 4. The average molecular weight is 339 g/mol. The van der Waals surface area contributed by atoms with Crippen molar-refractivity contribution in [2.45, 2.75) is 32.4 Å². The highest BCUT2D eigenvalue weighted by Crippen LogP contribution is 2.29. The number of carbonyl (C=O) groups excluding carboxylic acids is 1. The van der Waals surface area contributed by atoms with Gasteiger partial charge in [0, 0.05) is 38.7 Å². The van der Waals surface area contributed by atoms with Crippen molar-refractivity contribution >= 4 is 5.91 Å². The molecule has 25 heavy (non-hydrogen) atoms. The van der Waals surface area contributed by atoms with Crippen LogP contribution in [-0.4, -0.2) is 40.6 Å². The highest BCUT2D eigenvalue weighted by molar-refractivity contribution is 5.76. The predicted molar refractivity (Wildman–Crippen MR) is 95.0 cm³/mol. The first-order valence-corrected chi connectivity index (χ1v) is 9.05. The topological polar surface area (TPSA) is 47.4 Å². The van der Waals surface area contributed by atoms with Gasteiger partial charge < -0.3 is 14.2 Å². The second kappa shape index (κ2) is 7.00. The van der Waals surface area contributed by atoms with Crippen molar-refractivity contribution in [3.8, 4) is 0 Å². The van der Waals surface area contributed by atoms with Crippen molar-refractivity contribution in [2.24, 2.45) is 11.8 Å². The Hall–Kier alpha value is -2.14. The van der Waals surface area contributed by atoms with E-state index in [1.54, 1.807) is 7.11 Å². The summed E-state index contributed by atoms with van der Waals surface area (Å²) in [5.41, 5.74) is 3.93. The van der Waals surface area contributed by atoms with Crippen LogP contribution in [0.1, 0.15) is 23.2 Å². The van der Waals surface area contributed by atoms with E-state index in [1.165, 1.54) is 11.1 Å². The number of fused-ring (bicyclic) bond motifs is 2. The van der Waals surface area contributed by atoms with E-state index < -0.39 is 0 Å². The Balaban J connectivity index is 1.44. The fraction of sp³-hybridized carbons (Fsp3) is 0.500. The molecular formula is C20H25N3O2. The van der Waals surface area contributed by atoms with Crippen molar-refractivity contribution < 1.29 is 9.53 Å². The molecule has 5 nitrogen and oxygen atoms in total. The van der Waals surface area contributed by atoms with E-state index in [1.807, 2.05) is 17.4 Å². The summed E-state index contributed by atoms with van der Waals surface area (Å²) in [5, 5.41) is 0. The van der Waals surface area contributed by atoms with Gasteiger partial charge in [0.2, 0.25) is 5.91 Å². The van der Waals surface area contributed by atoms with Crippen molar-refractivity contribution in [1.82, 2.24) is 14.5 Å². The number of hydrogen-bond donors (Lipinski definition) is 0. The molecule has 4 rings (SSSR count). The molecule has 0 saturated heterocycles. The number of ether oxygens (including phenoxy) is 1. The van der Waals surface area contributed by atoms with Gasteiger partial charge in [0.25, 0.3) is 0 Å². The lowest BCUT2D eigenvalue weighted by atomic mass is 10.0. The Morgan fingerprint density at radius 3 is 2.68 bits per heavy atom. The monoisotopic (exact) mass is 339 g/mol. The number of benzene rings is 1. The van der Waals surface area contributed by atoms with Crippen LogP contribution in [0.3, 0.4) is 0 Å². The maximum absolute atomic E-state index is 13.0. The van der Waals surface area contributed by atoms with Gasteiger partial charge in [-0.2, -0.15) is 0 Å². The van der Waals surface area contributed by atoms with E-state index in [0.29, 0.717) is 31.4 Å². The first-order valence-electron chi connectivity index (χ1n) is 9.05. The molecule has 1 atom stereocenters. The maximum Gasteiger partial charge on any atom is 0.223 e. The molecule has 0 unspecified atom stereocenters. The lowest BCUT2D eigenvalue weighted by molar-refractivity contribution is -0.133. The van der Waals surface area contributed by atoms with E-state index in [4.69, 9.17) is 4.74 Å². The van der Waals surface area contributed by atoms with Gasteiger partial charge in [-0.1, -0.05) is 24.3 Å². The highest BCUT2D eigenvalue weighted by atomic mass is 16.5. The van der Waals surface area contributed by atoms with Crippen LogP contribution in [0.15, 0.2) is 36.8 Å². The van der Waals surface area contributed by atoms with Crippen LogP contribution in [0.2, 0.25) is 0 Å². The number of nitrogens with zero attached hydrogens (tertiary/aromatic N) is 3. The van der Waals surface area contributed by atoms with Crippen molar-refractivity contribution in [2.75, 3.05) is 20.3 Å². The number of methoxy groups -OCH3 is 1. The van der Waals surface area contributed by atoms with Crippen molar-refractivity contribution in [1.29, 1.82) is 0 Å². The minimum Gasteiger partial charge on any atom is -0.384 e. The number of aromatic nitrogens is 2. The van der Waals surface area contributed by atoms with Gasteiger partial charge in [-0.3, -0.25) is 4.79 Å². The number of amides is 1. The zero-order valence-corrected chi connectivity index (χ0v) is 14.7. The Labute approximate surface area is 148 Å². The molecule has 0 N–H and O–H groups in total. The summed E-state index contributed by atoms with van der Waals surface area (Å²) in [6, 6.07) is 8.57. The van der Waals surface area contributed by atoms with Gasteiger partial charge in [0.15, 0.2) is 0 Å². The van der Waals surface area contributed by atoms with Gasteiger partial charge in [0.1, 0.15) is 0 Å². The lowest BCUT2D eigenvalue weighted by Gasteiger charge is -2.25. The molecule has 2 heterocycles. The standard InChI is InChI=1S/C20H25N3O2/c1-25-13-16-10-22(12-19-9-21-14-23(19)11-16)20(24)8-15-6-17-4-2-3-5-18(17)7-15/h2-5,9,14-16H,6-8,10-13H2,1H3/t16-/m0/s1. The third-order valence-electron chi connectivity index (χ3n) is 5.44. The highest BCUT2D eigenvalue weighted by Gasteiger charge is 2.29. The third-order valence-corrected chi connectivity index (χ3v) is 5.44. The minimum atomic E-state index is 0.258. The first-order chi connectivity index (χ1) is 12.2. The second-order valence-electron chi connectivity index (χ2n) is 7.38.